The van der Waals surface area contributed by atoms with Crippen LogP contribution in [0.15, 0.2) is 217 Å². The van der Waals surface area contributed by atoms with E-state index in [4.69, 9.17) is 19.4 Å². The maximum atomic E-state index is 7.40. The van der Waals surface area contributed by atoms with Gasteiger partial charge in [0.05, 0.1) is 27.8 Å². The molecular formula is C57H35N5O. The Balaban J connectivity index is 1.14. The maximum absolute atomic E-state index is 7.40. The fourth-order valence-corrected chi connectivity index (χ4v) is 9.57. The first-order chi connectivity index (χ1) is 31.3. The molecular weight excluding hydrogens is 771 g/mol. The lowest BCUT2D eigenvalue weighted by atomic mass is 10.0. The van der Waals surface area contributed by atoms with Crippen molar-refractivity contribution in [1.29, 1.82) is 0 Å². The van der Waals surface area contributed by atoms with Crippen molar-refractivity contribution in [3.05, 3.63) is 212 Å². The Morgan fingerprint density at radius 1 is 0.302 bits per heavy atom. The minimum atomic E-state index is 0.547. The van der Waals surface area contributed by atoms with Gasteiger partial charge in [-0.25, -0.2) is 15.0 Å². The molecule has 0 aliphatic rings. The minimum Gasteiger partial charge on any atom is -0.452 e. The van der Waals surface area contributed by atoms with Crippen molar-refractivity contribution in [3.63, 3.8) is 0 Å². The molecule has 13 aromatic rings. The van der Waals surface area contributed by atoms with Gasteiger partial charge in [0.1, 0.15) is 5.69 Å². The number of nitrogens with zero attached hydrogens (tertiary/aromatic N) is 5. The van der Waals surface area contributed by atoms with E-state index in [2.05, 4.69) is 197 Å². The van der Waals surface area contributed by atoms with Gasteiger partial charge < -0.3 is 13.6 Å². The van der Waals surface area contributed by atoms with Gasteiger partial charge in [0.2, 0.25) is 0 Å². The van der Waals surface area contributed by atoms with E-state index in [0.717, 1.165) is 94.0 Å². The van der Waals surface area contributed by atoms with E-state index < -0.39 is 0 Å². The average molecular weight is 806 g/mol. The standard InChI is InChI=1S/C57H35N5O/c1-3-17-36(18-4-1)38-21-15-22-39(35-38)56-58-55(37-19-5-2-6-20-37)59-57(60-56)46-34-33-45-44-27-16-32-51(61-47-28-11-7-23-40(47)41-24-8-12-29-48(41)61)53(44)63-54(45)52(46)62-49-30-13-9-25-42(49)43-26-10-14-31-50(43)62/h1-35H. The Bertz CT molecular complexity index is 3810. The number of aromatic nitrogens is 5. The van der Waals surface area contributed by atoms with Crippen LogP contribution in [0.1, 0.15) is 0 Å². The van der Waals surface area contributed by atoms with Crippen LogP contribution in [0.3, 0.4) is 0 Å². The second-order valence-electron chi connectivity index (χ2n) is 16.0. The summed E-state index contributed by atoms with van der Waals surface area (Å²) in [5.41, 5.74) is 12.6. The van der Waals surface area contributed by atoms with Crippen LogP contribution in [-0.4, -0.2) is 24.1 Å². The molecule has 13 rings (SSSR count). The Morgan fingerprint density at radius 3 is 1.37 bits per heavy atom. The predicted molar refractivity (Wildman–Crippen MR) is 258 cm³/mol. The molecule has 0 aliphatic heterocycles. The molecule has 0 amide bonds. The molecule has 4 aromatic heterocycles. The maximum Gasteiger partial charge on any atom is 0.166 e. The summed E-state index contributed by atoms with van der Waals surface area (Å²) in [6.45, 7) is 0. The molecule has 0 bridgehead atoms. The molecule has 0 atom stereocenters. The second-order valence-corrected chi connectivity index (χ2v) is 16.0. The largest absolute Gasteiger partial charge is 0.452 e. The molecule has 6 nitrogen and oxygen atoms in total. The molecule has 0 N–H and O–H groups in total. The highest BCUT2D eigenvalue weighted by molar-refractivity contribution is 6.16. The van der Waals surface area contributed by atoms with Gasteiger partial charge >= 0.3 is 0 Å². The van der Waals surface area contributed by atoms with Crippen molar-refractivity contribution in [2.45, 2.75) is 0 Å². The number of fused-ring (bicyclic) bond motifs is 9. The van der Waals surface area contributed by atoms with Gasteiger partial charge in [0, 0.05) is 49.0 Å². The zero-order chi connectivity index (χ0) is 41.4. The van der Waals surface area contributed by atoms with Crippen LogP contribution in [-0.2, 0) is 0 Å². The summed E-state index contributed by atoms with van der Waals surface area (Å²) < 4.78 is 12.1. The van der Waals surface area contributed by atoms with E-state index in [1.54, 1.807) is 0 Å². The molecule has 0 saturated carbocycles. The van der Waals surface area contributed by atoms with E-state index >= 15 is 0 Å². The molecule has 4 heterocycles. The lowest BCUT2D eigenvalue weighted by Gasteiger charge is -2.15. The molecule has 0 unspecified atom stereocenters. The summed E-state index contributed by atoms with van der Waals surface area (Å²) in [6.07, 6.45) is 0. The molecule has 0 saturated heterocycles. The van der Waals surface area contributed by atoms with Crippen molar-refractivity contribution in [3.8, 4) is 56.7 Å². The van der Waals surface area contributed by atoms with Gasteiger partial charge in [-0.1, -0.05) is 164 Å². The topological polar surface area (TPSA) is 61.7 Å². The first kappa shape index (κ1) is 35.2. The fourth-order valence-electron chi connectivity index (χ4n) is 9.57. The number of hydrogen-bond donors (Lipinski definition) is 0. The zero-order valence-corrected chi connectivity index (χ0v) is 33.9. The molecule has 63 heavy (non-hydrogen) atoms. The lowest BCUT2D eigenvalue weighted by Crippen LogP contribution is -2.04. The summed E-state index contributed by atoms with van der Waals surface area (Å²) in [4.78, 5) is 15.8. The number of rotatable bonds is 6. The Kier molecular flexibility index (Phi) is 7.80. The average Bonchev–Trinajstić information content (AvgIpc) is 4.02. The number of furan rings is 1. The lowest BCUT2D eigenvalue weighted by molar-refractivity contribution is 0.664. The van der Waals surface area contributed by atoms with Crippen LogP contribution in [0, 0.1) is 0 Å². The van der Waals surface area contributed by atoms with E-state index in [1.165, 1.54) is 10.8 Å². The second kappa shape index (κ2) is 14.0. The minimum absolute atomic E-state index is 0.547. The van der Waals surface area contributed by atoms with Crippen LogP contribution < -0.4 is 0 Å². The van der Waals surface area contributed by atoms with Gasteiger partial charge in [-0.05, 0) is 59.7 Å². The summed E-state index contributed by atoms with van der Waals surface area (Å²) >= 11 is 0. The van der Waals surface area contributed by atoms with Gasteiger partial charge in [-0.3, -0.25) is 0 Å². The summed E-state index contributed by atoms with van der Waals surface area (Å²) in [6, 6.07) is 74.2. The zero-order valence-electron chi connectivity index (χ0n) is 33.9. The van der Waals surface area contributed by atoms with Crippen LogP contribution in [0.25, 0.3) is 122 Å². The van der Waals surface area contributed by atoms with Gasteiger partial charge in [0.15, 0.2) is 28.6 Å². The van der Waals surface area contributed by atoms with Crippen molar-refractivity contribution in [2.24, 2.45) is 0 Å². The van der Waals surface area contributed by atoms with Crippen molar-refractivity contribution >= 4 is 65.6 Å². The quantitative estimate of drug-likeness (QED) is 0.168. The molecule has 6 heteroatoms. The van der Waals surface area contributed by atoms with Gasteiger partial charge in [-0.2, -0.15) is 0 Å². The highest BCUT2D eigenvalue weighted by Gasteiger charge is 2.26. The normalized spacial score (nSPS) is 11.8. The first-order valence-corrected chi connectivity index (χ1v) is 21.2. The first-order valence-electron chi connectivity index (χ1n) is 21.2. The van der Waals surface area contributed by atoms with Crippen LogP contribution in [0.2, 0.25) is 0 Å². The monoisotopic (exact) mass is 805 g/mol. The summed E-state index contributed by atoms with van der Waals surface area (Å²) in [5.74, 6) is 1.72. The van der Waals surface area contributed by atoms with Gasteiger partial charge in [-0.15, -0.1) is 0 Å². The van der Waals surface area contributed by atoms with Crippen LogP contribution in [0.4, 0.5) is 0 Å². The molecule has 294 valence electrons. The van der Waals surface area contributed by atoms with E-state index in [-0.39, 0.29) is 0 Å². The SMILES string of the molecule is c1ccc(-c2cccc(-c3nc(-c4ccccc4)nc(-c4ccc5c(oc6c(-n7c8ccccc8c8ccccc87)cccc65)c4-n4c5ccccc5c5ccccc54)n3)c2)cc1. The number of benzene rings is 9. The highest BCUT2D eigenvalue weighted by Crippen LogP contribution is 2.45. The third-order valence-corrected chi connectivity index (χ3v) is 12.4. The predicted octanol–water partition coefficient (Wildman–Crippen LogP) is 14.6. The summed E-state index contributed by atoms with van der Waals surface area (Å²) in [5, 5.41) is 6.72. The van der Waals surface area contributed by atoms with Crippen molar-refractivity contribution in [2.75, 3.05) is 0 Å². The molecule has 9 aromatic carbocycles. The van der Waals surface area contributed by atoms with Crippen molar-refractivity contribution < 1.29 is 4.42 Å². The number of hydrogen-bond acceptors (Lipinski definition) is 4. The summed E-state index contributed by atoms with van der Waals surface area (Å²) in [7, 11) is 0. The molecule has 0 fully saturated rings. The van der Waals surface area contributed by atoms with Crippen molar-refractivity contribution in [1.82, 2.24) is 24.1 Å². The third kappa shape index (κ3) is 5.48. The Labute approximate surface area is 361 Å². The number of para-hydroxylation sites is 5. The van der Waals surface area contributed by atoms with Crippen LogP contribution >= 0.6 is 0 Å². The third-order valence-electron chi connectivity index (χ3n) is 12.4. The Morgan fingerprint density at radius 2 is 0.746 bits per heavy atom. The molecule has 0 aliphatic carbocycles. The van der Waals surface area contributed by atoms with Gasteiger partial charge in [0.25, 0.3) is 0 Å². The van der Waals surface area contributed by atoms with E-state index in [1.807, 2.05) is 24.3 Å². The molecule has 0 radical (unpaired) electrons. The molecule has 0 spiro atoms. The highest BCUT2D eigenvalue weighted by atomic mass is 16.3. The smallest absolute Gasteiger partial charge is 0.166 e. The van der Waals surface area contributed by atoms with E-state index in [0.29, 0.717) is 17.5 Å². The fraction of sp³-hybridized carbons (Fsp3) is 0. The Hall–Kier alpha value is -8.61. The van der Waals surface area contributed by atoms with E-state index in [9.17, 15) is 0 Å². The van der Waals surface area contributed by atoms with Crippen LogP contribution in [0.5, 0.6) is 0 Å².